The van der Waals surface area contributed by atoms with Gasteiger partial charge in [0.15, 0.2) is 23.3 Å². The molecule has 0 saturated carbocycles. The molecule has 0 bridgehead atoms. The second kappa shape index (κ2) is 13.3. The van der Waals surface area contributed by atoms with E-state index in [1.165, 1.54) is 5.56 Å². The van der Waals surface area contributed by atoms with Crippen LogP contribution in [0.25, 0.3) is 0 Å². The first kappa shape index (κ1) is 26.0. The number of nitrogens with one attached hydrogen (secondary N) is 1. The fraction of sp³-hybridized carbons (Fsp3) is 0.571. The minimum atomic E-state index is 0. The van der Waals surface area contributed by atoms with Crippen LogP contribution >= 0.6 is 24.0 Å². The Hall–Kier alpha value is -2.04. The van der Waals surface area contributed by atoms with Gasteiger partial charge >= 0.3 is 0 Å². The summed E-state index contributed by atoms with van der Waals surface area (Å²) in [4.78, 5) is 6.93. The summed E-state index contributed by atoms with van der Waals surface area (Å²) in [6.07, 6.45) is 3.11. The molecule has 30 heavy (non-hydrogen) atoms. The number of unbranched alkanes of at least 4 members (excludes halogenated alkanes) is 1. The van der Waals surface area contributed by atoms with Crippen LogP contribution in [0.1, 0.15) is 37.0 Å². The third-order valence-electron chi connectivity index (χ3n) is 4.91. The lowest BCUT2D eigenvalue weighted by molar-refractivity contribution is 0.354. The molecular weight excluding hydrogens is 495 g/mol. The molecule has 0 spiro atoms. The van der Waals surface area contributed by atoms with Crippen LogP contribution in [0.4, 0.5) is 0 Å². The molecule has 0 aliphatic rings. The lowest BCUT2D eigenvalue weighted by atomic mass is 10.1. The highest BCUT2D eigenvalue weighted by Gasteiger charge is 2.10. The fourth-order valence-corrected chi connectivity index (χ4v) is 2.86. The van der Waals surface area contributed by atoms with Crippen molar-refractivity contribution in [3.8, 4) is 11.5 Å². The number of aliphatic imine (C=N–C) groups is 1. The monoisotopic (exact) mass is 530 g/mol. The van der Waals surface area contributed by atoms with Crippen LogP contribution in [-0.2, 0) is 20.0 Å². The van der Waals surface area contributed by atoms with Gasteiger partial charge in [-0.25, -0.2) is 4.99 Å². The number of guanidine groups is 1. The number of nitrogens with zero attached hydrogens (tertiary/aromatic N) is 5. The molecule has 0 amide bonds. The van der Waals surface area contributed by atoms with Gasteiger partial charge < -0.3 is 24.3 Å². The molecule has 0 fully saturated rings. The van der Waals surface area contributed by atoms with E-state index >= 15 is 0 Å². The molecule has 8 nitrogen and oxygen atoms in total. The Balaban J connectivity index is 0.00000450. The molecule has 0 atom stereocenters. The van der Waals surface area contributed by atoms with E-state index in [1.807, 2.05) is 30.7 Å². The van der Waals surface area contributed by atoms with Crippen molar-refractivity contribution in [2.45, 2.75) is 39.7 Å². The number of likely N-dealkylation sites (N-methyl/N-ethyl adjacent to an activating group) is 1. The number of rotatable bonds is 10. The molecule has 0 aliphatic heterocycles. The molecule has 0 unspecified atom stereocenters. The third-order valence-corrected chi connectivity index (χ3v) is 4.91. The zero-order valence-corrected chi connectivity index (χ0v) is 21.3. The van der Waals surface area contributed by atoms with Gasteiger partial charge in [0.25, 0.3) is 0 Å². The topological polar surface area (TPSA) is 76.8 Å². The van der Waals surface area contributed by atoms with Gasteiger partial charge in [-0.15, -0.1) is 34.2 Å². The summed E-state index contributed by atoms with van der Waals surface area (Å²) in [7, 11) is 7.32. The first-order valence-electron chi connectivity index (χ1n) is 10.0. The minimum absolute atomic E-state index is 0. The SMILES string of the molecule is CCCCNC(=NCc1nnc(C)n1C)N(C)CCc1ccc(OC)c(OC)c1.I. The van der Waals surface area contributed by atoms with Gasteiger partial charge in [0.05, 0.1) is 14.2 Å². The maximum absolute atomic E-state index is 5.41. The fourth-order valence-electron chi connectivity index (χ4n) is 2.86. The number of aryl methyl sites for hydroxylation is 1. The van der Waals surface area contributed by atoms with Gasteiger partial charge in [-0.1, -0.05) is 19.4 Å². The predicted molar refractivity (Wildman–Crippen MR) is 131 cm³/mol. The maximum atomic E-state index is 5.41. The normalized spacial score (nSPS) is 11.1. The number of benzene rings is 1. The molecule has 0 saturated heterocycles. The van der Waals surface area contributed by atoms with Crippen molar-refractivity contribution >= 4 is 29.9 Å². The van der Waals surface area contributed by atoms with E-state index in [0.29, 0.717) is 6.54 Å². The van der Waals surface area contributed by atoms with E-state index in [2.05, 4.69) is 40.5 Å². The van der Waals surface area contributed by atoms with Crippen molar-refractivity contribution < 1.29 is 9.47 Å². The highest BCUT2D eigenvalue weighted by Crippen LogP contribution is 2.27. The average molecular weight is 530 g/mol. The van der Waals surface area contributed by atoms with Crippen LogP contribution in [0.3, 0.4) is 0 Å². The Labute approximate surface area is 197 Å². The Morgan fingerprint density at radius 3 is 2.53 bits per heavy atom. The number of hydrogen-bond acceptors (Lipinski definition) is 5. The van der Waals surface area contributed by atoms with E-state index in [0.717, 1.165) is 61.5 Å². The summed E-state index contributed by atoms with van der Waals surface area (Å²) >= 11 is 0. The van der Waals surface area contributed by atoms with Crippen LogP contribution in [0.2, 0.25) is 0 Å². The van der Waals surface area contributed by atoms with E-state index in [1.54, 1.807) is 14.2 Å². The number of ether oxygens (including phenoxy) is 2. The summed E-state index contributed by atoms with van der Waals surface area (Å²) in [6, 6.07) is 6.04. The van der Waals surface area contributed by atoms with Crippen LogP contribution in [0.5, 0.6) is 11.5 Å². The summed E-state index contributed by atoms with van der Waals surface area (Å²) in [5.74, 6) is 4.11. The maximum Gasteiger partial charge on any atom is 0.194 e. The first-order valence-corrected chi connectivity index (χ1v) is 10.0. The molecule has 2 aromatic rings. The second-order valence-electron chi connectivity index (χ2n) is 7.00. The predicted octanol–water partition coefficient (Wildman–Crippen LogP) is 3.18. The van der Waals surface area contributed by atoms with Gasteiger partial charge in [-0.3, -0.25) is 0 Å². The smallest absolute Gasteiger partial charge is 0.194 e. The molecular formula is C21H35IN6O2. The van der Waals surface area contributed by atoms with Crippen LogP contribution in [0, 0.1) is 6.92 Å². The van der Waals surface area contributed by atoms with E-state index in [9.17, 15) is 0 Å². The summed E-state index contributed by atoms with van der Waals surface area (Å²) in [6.45, 7) is 6.34. The molecule has 1 aromatic heterocycles. The molecule has 1 N–H and O–H groups in total. The molecule has 168 valence electrons. The van der Waals surface area contributed by atoms with Gasteiger partial charge in [0, 0.05) is 27.2 Å². The van der Waals surface area contributed by atoms with E-state index in [4.69, 9.17) is 14.5 Å². The molecule has 1 heterocycles. The zero-order valence-electron chi connectivity index (χ0n) is 18.9. The summed E-state index contributed by atoms with van der Waals surface area (Å²) in [5, 5.41) is 11.8. The number of hydrogen-bond donors (Lipinski definition) is 1. The number of aromatic nitrogens is 3. The van der Waals surface area contributed by atoms with Crippen molar-refractivity contribution in [1.82, 2.24) is 25.0 Å². The highest BCUT2D eigenvalue weighted by molar-refractivity contribution is 14.0. The number of methoxy groups -OCH3 is 2. The minimum Gasteiger partial charge on any atom is -0.493 e. The van der Waals surface area contributed by atoms with E-state index in [-0.39, 0.29) is 24.0 Å². The Kier molecular flexibility index (Phi) is 11.5. The zero-order chi connectivity index (χ0) is 21.2. The third kappa shape index (κ3) is 7.33. The second-order valence-corrected chi connectivity index (χ2v) is 7.00. The first-order chi connectivity index (χ1) is 14.0. The van der Waals surface area contributed by atoms with Gasteiger partial charge in [0.2, 0.25) is 0 Å². The summed E-state index contributed by atoms with van der Waals surface area (Å²) < 4.78 is 12.7. The number of halogens is 1. The van der Waals surface area contributed by atoms with E-state index < -0.39 is 0 Å². The highest BCUT2D eigenvalue weighted by atomic mass is 127. The summed E-state index contributed by atoms with van der Waals surface area (Å²) in [5.41, 5.74) is 1.19. The molecule has 2 rings (SSSR count). The quantitative estimate of drug-likeness (QED) is 0.220. The Morgan fingerprint density at radius 1 is 1.20 bits per heavy atom. The van der Waals surface area contributed by atoms with Crippen molar-refractivity contribution in [2.75, 3.05) is 34.4 Å². The van der Waals surface area contributed by atoms with Crippen molar-refractivity contribution in [2.24, 2.45) is 12.0 Å². The van der Waals surface area contributed by atoms with Gasteiger partial charge in [0.1, 0.15) is 12.4 Å². The van der Waals surface area contributed by atoms with Crippen LogP contribution < -0.4 is 14.8 Å². The van der Waals surface area contributed by atoms with Crippen LogP contribution in [0.15, 0.2) is 23.2 Å². The van der Waals surface area contributed by atoms with Crippen molar-refractivity contribution in [1.29, 1.82) is 0 Å². The van der Waals surface area contributed by atoms with Crippen molar-refractivity contribution in [3.05, 3.63) is 35.4 Å². The largest absolute Gasteiger partial charge is 0.493 e. The Bertz CT molecular complexity index is 809. The lowest BCUT2D eigenvalue weighted by Crippen LogP contribution is -2.40. The molecule has 0 aliphatic carbocycles. The van der Waals surface area contributed by atoms with Gasteiger partial charge in [-0.2, -0.15) is 0 Å². The lowest BCUT2D eigenvalue weighted by Gasteiger charge is -2.23. The molecule has 9 heteroatoms. The van der Waals surface area contributed by atoms with Crippen molar-refractivity contribution in [3.63, 3.8) is 0 Å². The molecule has 1 aromatic carbocycles. The average Bonchev–Trinajstić information content (AvgIpc) is 3.06. The molecule has 0 radical (unpaired) electrons. The standard InChI is InChI=1S/C21H34N6O2.HI/c1-7-8-12-22-21(23-15-20-25-24-16(2)27(20)4)26(3)13-11-17-9-10-18(28-5)19(14-17)29-6;/h9-10,14H,7-8,11-13,15H2,1-6H3,(H,22,23);1H. The van der Waals surface area contributed by atoms with Crippen LogP contribution in [-0.4, -0.2) is 60.0 Å². The van der Waals surface area contributed by atoms with Gasteiger partial charge in [-0.05, 0) is 37.5 Å². The Morgan fingerprint density at radius 2 is 1.93 bits per heavy atom.